The van der Waals surface area contributed by atoms with Crippen molar-refractivity contribution in [2.75, 3.05) is 26.4 Å². The molecule has 0 radical (unpaired) electrons. The van der Waals surface area contributed by atoms with Crippen molar-refractivity contribution in [2.45, 2.75) is 57.6 Å². The van der Waals surface area contributed by atoms with Gasteiger partial charge in [0.15, 0.2) is 0 Å². The van der Waals surface area contributed by atoms with Gasteiger partial charge in [-0.3, -0.25) is 4.79 Å². The number of carbonyl (C=O) groups is 1. The van der Waals surface area contributed by atoms with Crippen LogP contribution in [0.1, 0.15) is 45.4 Å². The number of carbonyl (C=O) groups excluding carboxylic acids is 1. The van der Waals surface area contributed by atoms with Crippen LogP contribution in [0.2, 0.25) is 0 Å². The van der Waals surface area contributed by atoms with Crippen molar-refractivity contribution in [3.63, 3.8) is 0 Å². The molecule has 3 N–H and O–H groups in total. The number of unbranched alkanes of at least 4 members (excludes halogenated alkanes) is 3. The quantitative estimate of drug-likeness (QED) is 0.602. The fraction of sp³-hybridized carbons (Fsp3) is 0.929. The molecule has 1 aliphatic heterocycles. The fourth-order valence-corrected chi connectivity index (χ4v) is 2.10. The minimum Gasteiger partial charge on any atom is -0.379 e. The molecule has 1 rings (SSSR count). The molecule has 1 fully saturated rings. The smallest absolute Gasteiger partial charge is 0.220 e. The van der Waals surface area contributed by atoms with Crippen LogP contribution in [0.25, 0.3) is 0 Å². The number of halogens is 1. The Hall–Kier alpha value is -0.360. The van der Waals surface area contributed by atoms with Crippen LogP contribution in [-0.4, -0.2) is 44.4 Å². The first kappa shape index (κ1) is 19.6. The van der Waals surface area contributed by atoms with Gasteiger partial charge in [-0.05, 0) is 32.7 Å². The second-order valence-corrected chi connectivity index (χ2v) is 5.24. The largest absolute Gasteiger partial charge is 0.379 e. The third-order valence-corrected chi connectivity index (χ3v) is 3.24. The molecule has 1 amide bonds. The van der Waals surface area contributed by atoms with Crippen LogP contribution in [-0.2, 0) is 14.3 Å². The van der Waals surface area contributed by atoms with Crippen molar-refractivity contribution in [1.29, 1.82) is 0 Å². The minimum absolute atomic E-state index is 0. The summed E-state index contributed by atoms with van der Waals surface area (Å²) in [5, 5.41) is 2.97. The van der Waals surface area contributed by atoms with Gasteiger partial charge in [0, 0.05) is 19.1 Å². The number of rotatable bonds is 10. The van der Waals surface area contributed by atoms with Gasteiger partial charge >= 0.3 is 0 Å². The molecule has 2 unspecified atom stereocenters. The monoisotopic (exact) mass is 308 g/mol. The topological polar surface area (TPSA) is 73.6 Å². The molecule has 6 heteroatoms. The van der Waals surface area contributed by atoms with Gasteiger partial charge < -0.3 is 20.5 Å². The molecule has 0 saturated carbocycles. The van der Waals surface area contributed by atoms with Gasteiger partial charge in [0.1, 0.15) is 0 Å². The molecule has 0 aromatic rings. The van der Waals surface area contributed by atoms with Crippen molar-refractivity contribution in [1.82, 2.24) is 5.32 Å². The molecular weight excluding hydrogens is 280 g/mol. The van der Waals surface area contributed by atoms with Crippen LogP contribution < -0.4 is 11.1 Å². The number of nitrogens with two attached hydrogens (primary N) is 1. The Balaban J connectivity index is 0.00000361. The van der Waals surface area contributed by atoms with E-state index in [0.29, 0.717) is 19.6 Å². The lowest BCUT2D eigenvalue weighted by atomic mass is 10.1. The zero-order valence-electron chi connectivity index (χ0n) is 12.4. The summed E-state index contributed by atoms with van der Waals surface area (Å²) < 4.78 is 10.9. The molecule has 1 heterocycles. The van der Waals surface area contributed by atoms with Gasteiger partial charge in [0.2, 0.25) is 5.91 Å². The van der Waals surface area contributed by atoms with Crippen LogP contribution in [0.15, 0.2) is 0 Å². The number of hydrogen-bond acceptors (Lipinski definition) is 4. The van der Waals surface area contributed by atoms with Crippen LogP contribution in [0.3, 0.4) is 0 Å². The van der Waals surface area contributed by atoms with E-state index >= 15 is 0 Å². The highest BCUT2D eigenvalue weighted by Crippen LogP contribution is 2.08. The third-order valence-electron chi connectivity index (χ3n) is 3.24. The maximum Gasteiger partial charge on any atom is 0.220 e. The van der Waals surface area contributed by atoms with E-state index < -0.39 is 0 Å². The van der Waals surface area contributed by atoms with Crippen molar-refractivity contribution in [3.8, 4) is 0 Å². The van der Waals surface area contributed by atoms with E-state index in [9.17, 15) is 4.79 Å². The third kappa shape index (κ3) is 9.53. The summed E-state index contributed by atoms with van der Waals surface area (Å²) in [5.74, 6) is 0.117. The van der Waals surface area contributed by atoms with Crippen molar-refractivity contribution in [2.24, 2.45) is 5.73 Å². The Morgan fingerprint density at radius 3 is 2.80 bits per heavy atom. The predicted molar refractivity (Wildman–Crippen MR) is 82.2 cm³/mol. The van der Waals surface area contributed by atoms with E-state index in [0.717, 1.165) is 45.3 Å². The second kappa shape index (κ2) is 12.4. The molecule has 1 saturated heterocycles. The summed E-state index contributed by atoms with van der Waals surface area (Å²) >= 11 is 0. The van der Waals surface area contributed by atoms with E-state index in [-0.39, 0.29) is 30.5 Å². The zero-order chi connectivity index (χ0) is 13.9. The van der Waals surface area contributed by atoms with E-state index in [2.05, 4.69) is 5.32 Å². The number of amides is 1. The van der Waals surface area contributed by atoms with Crippen LogP contribution in [0.5, 0.6) is 0 Å². The highest BCUT2D eigenvalue weighted by molar-refractivity contribution is 5.85. The first-order chi connectivity index (χ1) is 9.22. The summed E-state index contributed by atoms with van der Waals surface area (Å²) in [6.07, 6.45) is 5.95. The number of nitrogens with one attached hydrogen (secondary N) is 1. The van der Waals surface area contributed by atoms with Crippen LogP contribution in [0, 0.1) is 0 Å². The van der Waals surface area contributed by atoms with E-state index in [1.165, 1.54) is 0 Å². The van der Waals surface area contributed by atoms with Gasteiger partial charge in [0.25, 0.3) is 0 Å². The lowest BCUT2D eigenvalue weighted by Crippen LogP contribution is -2.37. The van der Waals surface area contributed by atoms with Crippen molar-refractivity contribution in [3.05, 3.63) is 0 Å². The number of hydrogen-bond donors (Lipinski definition) is 2. The molecule has 1 aliphatic rings. The highest BCUT2D eigenvalue weighted by atomic mass is 35.5. The molecule has 120 valence electrons. The summed E-state index contributed by atoms with van der Waals surface area (Å²) in [7, 11) is 0. The first-order valence-electron chi connectivity index (χ1n) is 7.41. The Labute approximate surface area is 128 Å². The first-order valence-corrected chi connectivity index (χ1v) is 7.41. The molecular formula is C14H29ClN2O3. The van der Waals surface area contributed by atoms with E-state index in [1.54, 1.807) is 0 Å². The maximum absolute atomic E-state index is 11.7. The average molecular weight is 309 g/mol. The predicted octanol–water partition coefficient (Wildman–Crippen LogP) is 1.63. The summed E-state index contributed by atoms with van der Waals surface area (Å²) in [5.41, 5.74) is 5.42. The summed E-state index contributed by atoms with van der Waals surface area (Å²) in [6.45, 7) is 4.75. The van der Waals surface area contributed by atoms with Crippen molar-refractivity contribution < 1.29 is 14.3 Å². The van der Waals surface area contributed by atoms with Crippen LogP contribution in [0.4, 0.5) is 0 Å². The minimum atomic E-state index is 0. The Kier molecular flexibility index (Phi) is 12.2. The Morgan fingerprint density at radius 2 is 2.15 bits per heavy atom. The summed E-state index contributed by atoms with van der Waals surface area (Å²) in [6, 6.07) is 0.0668. The summed E-state index contributed by atoms with van der Waals surface area (Å²) in [4.78, 5) is 11.7. The SMILES string of the molecule is CC(COC1CCOC1)NC(=O)CCCCCCN.Cl. The van der Waals surface area contributed by atoms with Gasteiger partial charge in [0.05, 0.1) is 19.3 Å². The zero-order valence-corrected chi connectivity index (χ0v) is 13.3. The highest BCUT2D eigenvalue weighted by Gasteiger charge is 2.17. The molecule has 0 spiro atoms. The van der Waals surface area contributed by atoms with Gasteiger partial charge in [-0.1, -0.05) is 12.8 Å². The molecule has 20 heavy (non-hydrogen) atoms. The fourth-order valence-electron chi connectivity index (χ4n) is 2.10. The van der Waals surface area contributed by atoms with Gasteiger partial charge in [-0.25, -0.2) is 0 Å². The standard InChI is InChI=1S/C14H28N2O3.ClH/c1-12(10-19-13-7-9-18-11-13)16-14(17)6-4-2-3-5-8-15;/h12-13H,2-11,15H2,1H3,(H,16,17);1H. The Bertz CT molecular complexity index is 249. The molecule has 2 atom stereocenters. The molecule has 0 bridgehead atoms. The lowest BCUT2D eigenvalue weighted by molar-refractivity contribution is -0.122. The lowest BCUT2D eigenvalue weighted by Gasteiger charge is -2.16. The van der Waals surface area contributed by atoms with Gasteiger partial charge in [-0.2, -0.15) is 0 Å². The van der Waals surface area contributed by atoms with Crippen molar-refractivity contribution >= 4 is 18.3 Å². The van der Waals surface area contributed by atoms with E-state index in [1.807, 2.05) is 6.92 Å². The van der Waals surface area contributed by atoms with Crippen LogP contribution >= 0.6 is 12.4 Å². The molecule has 0 aromatic carbocycles. The molecule has 0 aromatic heterocycles. The number of ether oxygens (including phenoxy) is 2. The molecule has 0 aliphatic carbocycles. The van der Waals surface area contributed by atoms with Gasteiger partial charge in [-0.15, -0.1) is 12.4 Å². The molecule has 5 nitrogen and oxygen atoms in total. The maximum atomic E-state index is 11.7. The normalized spacial score (nSPS) is 19.4. The van der Waals surface area contributed by atoms with E-state index in [4.69, 9.17) is 15.2 Å². The Morgan fingerprint density at radius 1 is 1.40 bits per heavy atom. The second-order valence-electron chi connectivity index (χ2n) is 5.24. The average Bonchev–Trinajstić information content (AvgIpc) is 2.89.